The van der Waals surface area contributed by atoms with Gasteiger partial charge in [0.1, 0.15) is 11.6 Å². The van der Waals surface area contributed by atoms with Gasteiger partial charge in [0.05, 0.1) is 12.6 Å². The zero-order valence-corrected chi connectivity index (χ0v) is 24.6. The van der Waals surface area contributed by atoms with Crippen LogP contribution in [0, 0.1) is 5.92 Å². The molecule has 0 bridgehead atoms. The maximum atomic E-state index is 12.8. The molecule has 11 heteroatoms. The number of hydrogen-bond acceptors (Lipinski definition) is 7. The smallest absolute Gasteiger partial charge is 0.328 e. The number of carbonyl (C=O) groups excluding carboxylic acids is 5. The van der Waals surface area contributed by atoms with Gasteiger partial charge in [0.25, 0.3) is 0 Å². The summed E-state index contributed by atoms with van der Waals surface area (Å²) in [5.74, 6) is -1.17. The third kappa shape index (κ3) is 15.7. The van der Waals surface area contributed by atoms with Crippen molar-refractivity contribution in [3.8, 4) is 0 Å². The summed E-state index contributed by atoms with van der Waals surface area (Å²) in [6.45, 7) is 11.3. The van der Waals surface area contributed by atoms with Crippen LogP contribution in [0.15, 0.2) is 30.3 Å². The van der Waals surface area contributed by atoms with Crippen LogP contribution in [0.3, 0.4) is 0 Å². The molecule has 11 nitrogen and oxygen atoms in total. The Morgan fingerprint density at radius 1 is 0.875 bits per heavy atom. The standard InChI is InChI=1S/C29H46N4O7/c1-7-24(34)22(16-17-25(35)40-29(4,5)6)32-28(38)33-23(26(36)39-19-20(2)3)15-11-12-18-30-27(37)31-21-13-9-8-10-14-21/h8-10,13-14,20,22-23H,7,11-12,15-19H2,1-6H3,(H2,30,31,37)(H2,32,33,38). The maximum Gasteiger partial charge on any atom is 0.328 e. The fraction of sp³-hybridized carbons (Fsp3) is 0.621. The summed E-state index contributed by atoms with van der Waals surface area (Å²) in [6, 6.07) is 6.15. The Balaban J connectivity index is 2.65. The fourth-order valence-electron chi connectivity index (χ4n) is 3.54. The van der Waals surface area contributed by atoms with E-state index in [1.807, 2.05) is 32.0 Å². The lowest BCUT2D eigenvalue weighted by atomic mass is 10.0. The van der Waals surface area contributed by atoms with Crippen LogP contribution in [0.4, 0.5) is 15.3 Å². The van der Waals surface area contributed by atoms with Crippen LogP contribution in [-0.4, -0.2) is 60.6 Å². The molecule has 40 heavy (non-hydrogen) atoms. The predicted octanol–water partition coefficient (Wildman–Crippen LogP) is 4.32. The third-order valence-electron chi connectivity index (χ3n) is 5.49. The molecule has 0 heterocycles. The quantitative estimate of drug-likeness (QED) is 0.173. The molecule has 4 N–H and O–H groups in total. The topological polar surface area (TPSA) is 152 Å². The number of amides is 4. The Kier molecular flexibility index (Phi) is 15.4. The van der Waals surface area contributed by atoms with Gasteiger partial charge >= 0.3 is 24.0 Å². The largest absolute Gasteiger partial charge is 0.464 e. The van der Waals surface area contributed by atoms with Gasteiger partial charge in [0, 0.05) is 25.1 Å². The summed E-state index contributed by atoms with van der Waals surface area (Å²) >= 11 is 0. The molecule has 224 valence electrons. The first-order valence-electron chi connectivity index (χ1n) is 13.9. The number of benzene rings is 1. The van der Waals surface area contributed by atoms with Gasteiger partial charge in [0.2, 0.25) is 0 Å². The second kappa shape index (κ2) is 17.9. The number of Topliss-reactive ketones (excluding diaryl/α,β-unsaturated/α-hetero) is 1. The summed E-state index contributed by atoms with van der Waals surface area (Å²) in [5, 5.41) is 10.7. The number of unbranched alkanes of at least 4 members (excludes halogenated alkanes) is 1. The van der Waals surface area contributed by atoms with Crippen molar-refractivity contribution in [2.45, 2.75) is 97.8 Å². The molecular weight excluding hydrogens is 516 g/mol. The molecule has 0 fully saturated rings. The normalized spacial score (nSPS) is 12.6. The summed E-state index contributed by atoms with van der Waals surface area (Å²) < 4.78 is 10.6. The molecule has 0 aliphatic heterocycles. The van der Waals surface area contributed by atoms with Crippen molar-refractivity contribution in [1.82, 2.24) is 16.0 Å². The number of ether oxygens (including phenoxy) is 2. The van der Waals surface area contributed by atoms with Gasteiger partial charge in [-0.25, -0.2) is 14.4 Å². The molecule has 4 amide bonds. The molecule has 0 aliphatic rings. The lowest BCUT2D eigenvalue weighted by Gasteiger charge is -2.23. The number of anilines is 1. The highest BCUT2D eigenvalue weighted by Crippen LogP contribution is 2.11. The van der Waals surface area contributed by atoms with Gasteiger partial charge in [0.15, 0.2) is 5.78 Å². The van der Waals surface area contributed by atoms with Crippen molar-refractivity contribution in [3.05, 3.63) is 30.3 Å². The average molecular weight is 563 g/mol. The molecule has 0 radical (unpaired) electrons. The Morgan fingerprint density at radius 2 is 1.52 bits per heavy atom. The molecule has 0 saturated carbocycles. The molecule has 1 aromatic carbocycles. The van der Waals surface area contributed by atoms with Crippen LogP contribution in [0.5, 0.6) is 0 Å². The van der Waals surface area contributed by atoms with Crippen LogP contribution >= 0.6 is 0 Å². The summed E-state index contributed by atoms with van der Waals surface area (Å²) in [6.07, 6.45) is 1.56. The Bertz CT molecular complexity index is 961. The zero-order valence-electron chi connectivity index (χ0n) is 24.6. The first-order valence-corrected chi connectivity index (χ1v) is 13.9. The summed E-state index contributed by atoms with van der Waals surface area (Å²) in [7, 11) is 0. The van der Waals surface area contributed by atoms with E-state index in [9.17, 15) is 24.0 Å². The van der Waals surface area contributed by atoms with E-state index in [4.69, 9.17) is 9.47 Å². The first kappa shape index (κ1) is 34.4. The van der Waals surface area contributed by atoms with Gasteiger partial charge < -0.3 is 30.7 Å². The Labute approximate surface area is 237 Å². The van der Waals surface area contributed by atoms with Crippen molar-refractivity contribution in [1.29, 1.82) is 0 Å². The fourth-order valence-corrected chi connectivity index (χ4v) is 3.54. The molecule has 0 spiro atoms. The SMILES string of the molecule is CCC(=O)C(CCC(=O)OC(C)(C)C)NC(=O)NC(CCCCNC(=O)Nc1ccccc1)C(=O)OCC(C)C. The highest BCUT2D eigenvalue weighted by atomic mass is 16.6. The molecule has 1 aromatic rings. The van der Waals surface area contributed by atoms with Crippen LogP contribution < -0.4 is 21.3 Å². The molecule has 1 rings (SSSR count). The third-order valence-corrected chi connectivity index (χ3v) is 5.49. The van der Waals surface area contributed by atoms with Crippen molar-refractivity contribution in [2.24, 2.45) is 5.92 Å². The predicted molar refractivity (Wildman–Crippen MR) is 153 cm³/mol. The highest BCUT2D eigenvalue weighted by Gasteiger charge is 2.26. The van der Waals surface area contributed by atoms with Crippen molar-refractivity contribution >= 4 is 35.5 Å². The molecule has 0 aliphatic carbocycles. The van der Waals surface area contributed by atoms with E-state index in [1.165, 1.54) is 0 Å². The first-order chi connectivity index (χ1) is 18.8. The maximum absolute atomic E-state index is 12.8. The summed E-state index contributed by atoms with van der Waals surface area (Å²) in [4.78, 5) is 62.1. The van der Waals surface area contributed by atoms with Gasteiger partial charge in [-0.05, 0) is 64.5 Å². The number of hydrogen-bond donors (Lipinski definition) is 4. The minimum atomic E-state index is -0.944. The molecule has 2 unspecified atom stereocenters. The Hall–Kier alpha value is -3.63. The number of ketones is 1. The lowest BCUT2D eigenvalue weighted by Crippen LogP contribution is -2.51. The van der Waals surface area contributed by atoms with Crippen LogP contribution in [0.25, 0.3) is 0 Å². The number of esters is 2. The van der Waals surface area contributed by atoms with Crippen LogP contribution in [0.1, 0.15) is 80.1 Å². The van der Waals surface area contributed by atoms with Crippen molar-refractivity contribution < 1.29 is 33.4 Å². The molecule has 2 atom stereocenters. The number of rotatable bonds is 16. The van der Waals surface area contributed by atoms with E-state index < -0.39 is 35.7 Å². The van der Waals surface area contributed by atoms with Gasteiger partial charge in [-0.2, -0.15) is 0 Å². The van der Waals surface area contributed by atoms with Gasteiger partial charge in [-0.3, -0.25) is 9.59 Å². The molecular formula is C29H46N4O7. The average Bonchev–Trinajstić information content (AvgIpc) is 2.87. The zero-order chi connectivity index (χ0) is 30.1. The van der Waals surface area contributed by atoms with Crippen LogP contribution in [0.2, 0.25) is 0 Å². The molecule has 0 aromatic heterocycles. The van der Waals surface area contributed by atoms with Gasteiger partial charge in [-0.15, -0.1) is 0 Å². The summed E-state index contributed by atoms with van der Waals surface area (Å²) in [5.41, 5.74) is 0.0193. The van der Waals surface area contributed by atoms with Crippen molar-refractivity contribution in [3.63, 3.8) is 0 Å². The number of nitrogens with one attached hydrogen (secondary N) is 4. The highest BCUT2D eigenvalue weighted by molar-refractivity contribution is 5.90. The second-order valence-corrected chi connectivity index (χ2v) is 10.9. The number of urea groups is 2. The van der Waals surface area contributed by atoms with E-state index in [0.29, 0.717) is 25.1 Å². The van der Waals surface area contributed by atoms with E-state index in [0.717, 1.165) is 0 Å². The number of carbonyl (C=O) groups is 5. The van der Waals surface area contributed by atoms with E-state index in [2.05, 4.69) is 21.3 Å². The minimum absolute atomic E-state index is 0.0430. The van der Waals surface area contributed by atoms with Gasteiger partial charge in [-0.1, -0.05) is 39.0 Å². The number of para-hydroxylation sites is 1. The van der Waals surface area contributed by atoms with Crippen LogP contribution in [-0.2, 0) is 23.9 Å². The second-order valence-electron chi connectivity index (χ2n) is 10.9. The van der Waals surface area contributed by atoms with Crippen molar-refractivity contribution in [2.75, 3.05) is 18.5 Å². The minimum Gasteiger partial charge on any atom is -0.464 e. The monoisotopic (exact) mass is 562 g/mol. The van der Waals surface area contributed by atoms with E-state index >= 15 is 0 Å². The van der Waals surface area contributed by atoms with E-state index in [-0.39, 0.29) is 50.0 Å². The molecule has 0 saturated heterocycles. The lowest BCUT2D eigenvalue weighted by molar-refractivity contribution is -0.155. The Morgan fingerprint density at radius 3 is 2.12 bits per heavy atom. The van der Waals surface area contributed by atoms with E-state index in [1.54, 1.807) is 39.8 Å².